The fourth-order valence-corrected chi connectivity index (χ4v) is 1.32. The fraction of sp³-hybridized carbons (Fsp3) is 0.455. The highest BCUT2D eigenvalue weighted by Gasteiger charge is 2.06. The van der Waals surface area contributed by atoms with Crippen molar-refractivity contribution in [3.63, 3.8) is 0 Å². The average molecular weight is 239 g/mol. The number of hydrogen-bond acceptors (Lipinski definition) is 4. The van der Waals surface area contributed by atoms with Gasteiger partial charge in [0.1, 0.15) is 0 Å². The SMILES string of the molecule is COCC(N)CCNC(=O)c1ccc(=O)[nH]c1. The minimum Gasteiger partial charge on any atom is -0.383 e. The van der Waals surface area contributed by atoms with E-state index in [9.17, 15) is 9.59 Å². The smallest absolute Gasteiger partial charge is 0.252 e. The molecule has 0 aromatic carbocycles. The summed E-state index contributed by atoms with van der Waals surface area (Å²) in [6.45, 7) is 0.941. The highest BCUT2D eigenvalue weighted by atomic mass is 16.5. The highest BCUT2D eigenvalue weighted by molar-refractivity contribution is 5.93. The van der Waals surface area contributed by atoms with E-state index in [0.717, 1.165) is 0 Å². The number of rotatable bonds is 6. The lowest BCUT2D eigenvalue weighted by molar-refractivity contribution is 0.0950. The number of methoxy groups -OCH3 is 1. The van der Waals surface area contributed by atoms with Crippen molar-refractivity contribution < 1.29 is 9.53 Å². The highest BCUT2D eigenvalue weighted by Crippen LogP contribution is 1.93. The van der Waals surface area contributed by atoms with Crippen molar-refractivity contribution in [1.29, 1.82) is 0 Å². The molecule has 1 rings (SSSR count). The molecule has 0 saturated heterocycles. The predicted molar refractivity (Wildman–Crippen MR) is 63.9 cm³/mol. The van der Waals surface area contributed by atoms with E-state index in [4.69, 9.17) is 10.5 Å². The topological polar surface area (TPSA) is 97.2 Å². The Kier molecular flexibility index (Phi) is 5.38. The van der Waals surface area contributed by atoms with Crippen LogP contribution in [0.4, 0.5) is 0 Å². The Morgan fingerprint density at radius 1 is 1.59 bits per heavy atom. The first-order valence-corrected chi connectivity index (χ1v) is 5.35. The van der Waals surface area contributed by atoms with Crippen LogP contribution >= 0.6 is 0 Å². The van der Waals surface area contributed by atoms with Crippen molar-refractivity contribution in [2.24, 2.45) is 5.73 Å². The van der Waals surface area contributed by atoms with Crippen molar-refractivity contribution in [3.8, 4) is 0 Å². The Labute approximate surface area is 99.2 Å². The summed E-state index contributed by atoms with van der Waals surface area (Å²) in [5.41, 5.74) is 5.89. The van der Waals surface area contributed by atoms with Crippen LogP contribution in [-0.4, -0.2) is 37.2 Å². The molecule has 1 atom stereocenters. The number of ether oxygens (including phenoxy) is 1. The zero-order valence-corrected chi connectivity index (χ0v) is 9.73. The quantitative estimate of drug-likeness (QED) is 0.621. The average Bonchev–Trinajstić information content (AvgIpc) is 2.30. The first-order valence-electron chi connectivity index (χ1n) is 5.35. The molecule has 1 heterocycles. The van der Waals surface area contributed by atoms with Gasteiger partial charge in [0.25, 0.3) is 5.91 Å². The van der Waals surface area contributed by atoms with Crippen LogP contribution in [0.25, 0.3) is 0 Å². The number of aromatic amines is 1. The Balaban J connectivity index is 2.35. The van der Waals surface area contributed by atoms with Gasteiger partial charge in [-0.2, -0.15) is 0 Å². The van der Waals surface area contributed by atoms with Crippen molar-refractivity contribution in [2.45, 2.75) is 12.5 Å². The molecule has 1 aromatic rings. The summed E-state index contributed by atoms with van der Waals surface area (Å²) in [6, 6.07) is 2.70. The van der Waals surface area contributed by atoms with E-state index < -0.39 is 0 Å². The van der Waals surface area contributed by atoms with Gasteiger partial charge in [0.05, 0.1) is 12.2 Å². The van der Waals surface area contributed by atoms with Gasteiger partial charge in [0.15, 0.2) is 0 Å². The second-order valence-electron chi connectivity index (χ2n) is 3.70. The summed E-state index contributed by atoms with van der Waals surface area (Å²) in [5, 5.41) is 2.71. The van der Waals surface area contributed by atoms with Crippen LogP contribution < -0.4 is 16.6 Å². The predicted octanol–water partition coefficient (Wildman–Crippen LogP) is -0.531. The number of pyridine rings is 1. The van der Waals surface area contributed by atoms with Crippen LogP contribution in [0.1, 0.15) is 16.8 Å². The molecule has 0 aliphatic carbocycles. The summed E-state index contributed by atoms with van der Waals surface area (Å²) in [4.78, 5) is 24.8. The Morgan fingerprint density at radius 3 is 2.94 bits per heavy atom. The maximum absolute atomic E-state index is 11.6. The lowest BCUT2D eigenvalue weighted by atomic mass is 10.2. The molecule has 1 unspecified atom stereocenters. The van der Waals surface area contributed by atoms with Gasteiger partial charge in [0, 0.05) is 32.0 Å². The van der Waals surface area contributed by atoms with Gasteiger partial charge in [-0.25, -0.2) is 0 Å². The number of carbonyl (C=O) groups is 1. The number of nitrogens with one attached hydrogen (secondary N) is 2. The van der Waals surface area contributed by atoms with Gasteiger partial charge in [-0.1, -0.05) is 0 Å². The standard InChI is InChI=1S/C11H17N3O3/c1-17-7-9(12)4-5-13-11(16)8-2-3-10(15)14-6-8/h2-3,6,9H,4-5,7,12H2,1H3,(H,13,16)(H,14,15). The Morgan fingerprint density at radius 2 is 2.35 bits per heavy atom. The summed E-state index contributed by atoms with van der Waals surface area (Å²) in [5.74, 6) is -0.231. The molecular formula is C11H17N3O3. The van der Waals surface area contributed by atoms with Gasteiger partial charge < -0.3 is 20.8 Å². The molecule has 94 valence electrons. The third-order valence-corrected chi connectivity index (χ3v) is 2.23. The van der Waals surface area contributed by atoms with Crippen molar-refractivity contribution in [3.05, 3.63) is 34.2 Å². The number of hydrogen-bond donors (Lipinski definition) is 3. The van der Waals surface area contributed by atoms with Crippen LogP contribution in [0.3, 0.4) is 0 Å². The molecule has 17 heavy (non-hydrogen) atoms. The second kappa shape index (κ2) is 6.82. The molecule has 6 nitrogen and oxygen atoms in total. The molecule has 0 aliphatic rings. The maximum Gasteiger partial charge on any atom is 0.252 e. The van der Waals surface area contributed by atoms with E-state index in [1.807, 2.05) is 0 Å². The molecule has 1 aromatic heterocycles. The van der Waals surface area contributed by atoms with Crippen molar-refractivity contribution in [2.75, 3.05) is 20.3 Å². The summed E-state index contributed by atoms with van der Waals surface area (Å²) >= 11 is 0. The monoisotopic (exact) mass is 239 g/mol. The normalized spacial score (nSPS) is 12.1. The lowest BCUT2D eigenvalue weighted by Crippen LogP contribution is -2.33. The van der Waals surface area contributed by atoms with Crippen LogP contribution in [0.5, 0.6) is 0 Å². The van der Waals surface area contributed by atoms with Gasteiger partial charge in [-0.05, 0) is 12.5 Å². The van der Waals surface area contributed by atoms with Crippen molar-refractivity contribution >= 4 is 5.91 Å². The van der Waals surface area contributed by atoms with Gasteiger partial charge >= 0.3 is 0 Å². The Bertz CT molecular complexity index is 396. The summed E-state index contributed by atoms with van der Waals surface area (Å²) in [7, 11) is 1.58. The summed E-state index contributed by atoms with van der Waals surface area (Å²) in [6.07, 6.45) is 2.02. The van der Waals surface area contributed by atoms with E-state index in [-0.39, 0.29) is 17.5 Å². The molecule has 0 aliphatic heterocycles. The minimum absolute atomic E-state index is 0.0871. The van der Waals surface area contributed by atoms with Gasteiger partial charge in [-0.3, -0.25) is 9.59 Å². The molecule has 0 saturated carbocycles. The van der Waals surface area contributed by atoms with Crippen LogP contribution in [0.2, 0.25) is 0 Å². The third kappa shape index (κ3) is 4.80. The molecule has 0 spiro atoms. The zero-order valence-electron chi connectivity index (χ0n) is 9.73. The lowest BCUT2D eigenvalue weighted by Gasteiger charge is -2.10. The van der Waals surface area contributed by atoms with E-state index in [1.165, 1.54) is 18.3 Å². The number of H-pyrrole nitrogens is 1. The van der Waals surface area contributed by atoms with Gasteiger partial charge in [-0.15, -0.1) is 0 Å². The molecule has 0 bridgehead atoms. The first-order chi connectivity index (χ1) is 8.13. The largest absolute Gasteiger partial charge is 0.383 e. The van der Waals surface area contributed by atoms with Crippen LogP contribution in [-0.2, 0) is 4.74 Å². The fourth-order valence-electron chi connectivity index (χ4n) is 1.32. The molecule has 4 N–H and O–H groups in total. The Hall–Kier alpha value is -1.66. The van der Waals surface area contributed by atoms with Crippen LogP contribution in [0.15, 0.2) is 23.1 Å². The van der Waals surface area contributed by atoms with E-state index in [2.05, 4.69) is 10.3 Å². The minimum atomic E-state index is -0.233. The maximum atomic E-state index is 11.6. The number of nitrogens with two attached hydrogens (primary N) is 1. The molecular weight excluding hydrogens is 222 g/mol. The van der Waals surface area contributed by atoms with Crippen LogP contribution in [0, 0.1) is 0 Å². The first kappa shape index (κ1) is 13.4. The second-order valence-corrected chi connectivity index (χ2v) is 3.70. The third-order valence-electron chi connectivity index (χ3n) is 2.23. The van der Waals surface area contributed by atoms with E-state index in [0.29, 0.717) is 25.1 Å². The molecule has 0 fully saturated rings. The van der Waals surface area contributed by atoms with Gasteiger partial charge in [0.2, 0.25) is 5.56 Å². The molecule has 1 amide bonds. The zero-order chi connectivity index (χ0) is 12.7. The summed E-state index contributed by atoms with van der Waals surface area (Å²) < 4.78 is 4.88. The number of amides is 1. The number of carbonyl (C=O) groups excluding carboxylic acids is 1. The molecule has 6 heteroatoms. The number of aromatic nitrogens is 1. The molecule has 0 radical (unpaired) electrons. The van der Waals surface area contributed by atoms with Crippen molar-refractivity contribution in [1.82, 2.24) is 10.3 Å². The van der Waals surface area contributed by atoms with E-state index in [1.54, 1.807) is 7.11 Å². The van der Waals surface area contributed by atoms with E-state index >= 15 is 0 Å².